The van der Waals surface area contributed by atoms with Crippen molar-refractivity contribution in [2.75, 3.05) is 11.5 Å². The van der Waals surface area contributed by atoms with Gasteiger partial charge >= 0.3 is 6.09 Å². The Morgan fingerprint density at radius 3 is 2.73 bits per heavy atom. The molecule has 0 aromatic heterocycles. The molecule has 1 aliphatic heterocycles. The predicted molar refractivity (Wildman–Crippen MR) is 59.3 cm³/mol. The van der Waals surface area contributed by atoms with Crippen LogP contribution in [-0.4, -0.2) is 18.7 Å². The normalized spacial score (nSPS) is 20.2. The second-order valence-corrected chi connectivity index (χ2v) is 3.66. The zero-order chi connectivity index (χ0) is 10.8. The molecule has 0 radical (unpaired) electrons. The second kappa shape index (κ2) is 3.95. The summed E-state index contributed by atoms with van der Waals surface area (Å²) in [5.74, 6) is 0. The number of ether oxygens (including phenoxy) is 1. The fourth-order valence-corrected chi connectivity index (χ4v) is 1.63. The van der Waals surface area contributed by atoms with Gasteiger partial charge in [0.15, 0.2) is 0 Å². The molecule has 78 valence electrons. The molecule has 0 spiro atoms. The van der Waals surface area contributed by atoms with Crippen molar-refractivity contribution in [3.05, 3.63) is 41.9 Å². The summed E-state index contributed by atoms with van der Waals surface area (Å²) in [7, 11) is 0. The van der Waals surface area contributed by atoms with Crippen molar-refractivity contribution in [3.8, 4) is 0 Å². The fraction of sp³-hybridized carbons (Fsp3) is 0.182. The Morgan fingerprint density at radius 2 is 2.13 bits per heavy atom. The smallest absolute Gasteiger partial charge is 0.415 e. The number of cyclic esters (lactones) is 1. The molecule has 1 saturated heterocycles. The van der Waals surface area contributed by atoms with E-state index in [1.54, 1.807) is 35.2 Å². The van der Waals surface area contributed by atoms with Gasteiger partial charge in [-0.2, -0.15) is 0 Å². The van der Waals surface area contributed by atoms with Gasteiger partial charge in [-0.1, -0.05) is 17.7 Å². The minimum Gasteiger partial charge on any atom is -0.447 e. The molecule has 0 unspecified atom stereocenters. The average Bonchev–Trinajstić information content (AvgIpc) is 2.61. The molecule has 0 N–H and O–H groups in total. The summed E-state index contributed by atoms with van der Waals surface area (Å²) < 4.78 is 4.94. The maximum absolute atomic E-state index is 11.5. The average molecular weight is 224 g/mol. The lowest BCUT2D eigenvalue weighted by molar-refractivity contribution is 0.180. The third kappa shape index (κ3) is 1.83. The van der Waals surface area contributed by atoms with Crippen LogP contribution >= 0.6 is 11.6 Å². The number of benzene rings is 1. The Hall–Kier alpha value is -1.48. The van der Waals surface area contributed by atoms with E-state index < -0.39 is 0 Å². The first-order chi connectivity index (χ1) is 7.22. The zero-order valence-electron chi connectivity index (χ0n) is 8.02. The molecule has 0 bridgehead atoms. The van der Waals surface area contributed by atoms with E-state index in [0.717, 1.165) is 5.69 Å². The van der Waals surface area contributed by atoms with Crippen LogP contribution in [0.2, 0.25) is 5.02 Å². The van der Waals surface area contributed by atoms with Crippen LogP contribution in [0.1, 0.15) is 0 Å². The van der Waals surface area contributed by atoms with Crippen LogP contribution in [0.25, 0.3) is 0 Å². The number of halogens is 1. The highest BCUT2D eigenvalue weighted by Crippen LogP contribution is 2.24. The number of hydrogen-bond acceptors (Lipinski definition) is 2. The van der Waals surface area contributed by atoms with Gasteiger partial charge in [0.2, 0.25) is 0 Å². The molecule has 1 aromatic carbocycles. The lowest BCUT2D eigenvalue weighted by atomic mass is 10.2. The molecule has 0 aliphatic carbocycles. The van der Waals surface area contributed by atoms with Crippen molar-refractivity contribution in [3.63, 3.8) is 0 Å². The molecule has 1 fully saturated rings. The monoisotopic (exact) mass is 223 g/mol. The summed E-state index contributed by atoms with van der Waals surface area (Å²) in [4.78, 5) is 13.0. The van der Waals surface area contributed by atoms with Crippen LogP contribution < -0.4 is 4.90 Å². The standard InChI is InChI=1S/C11H10ClNO2/c1-2-9-7-15-11(14)13(9)10-5-3-8(12)4-6-10/h2-6,9H,1,7H2/t9-/m1/s1. The van der Waals surface area contributed by atoms with Gasteiger partial charge in [-0.25, -0.2) is 4.79 Å². The van der Waals surface area contributed by atoms with Crippen molar-refractivity contribution >= 4 is 23.4 Å². The first-order valence-electron chi connectivity index (χ1n) is 4.56. The summed E-state index contributed by atoms with van der Waals surface area (Å²) in [6.45, 7) is 4.02. The van der Waals surface area contributed by atoms with Gasteiger partial charge in [-0.15, -0.1) is 6.58 Å². The van der Waals surface area contributed by atoms with Crippen molar-refractivity contribution in [2.24, 2.45) is 0 Å². The fourth-order valence-electron chi connectivity index (χ4n) is 1.51. The SMILES string of the molecule is C=C[C@@H]1COC(=O)N1c1ccc(Cl)cc1. The Bertz CT molecular complexity index is 388. The van der Waals surface area contributed by atoms with Gasteiger partial charge in [0, 0.05) is 10.7 Å². The van der Waals surface area contributed by atoms with Crippen LogP contribution in [0, 0.1) is 0 Å². The van der Waals surface area contributed by atoms with E-state index in [4.69, 9.17) is 16.3 Å². The molecule has 1 amide bonds. The summed E-state index contributed by atoms with van der Waals surface area (Å²) >= 11 is 5.77. The summed E-state index contributed by atoms with van der Waals surface area (Å²) in [5.41, 5.74) is 0.770. The molecular formula is C11H10ClNO2. The highest BCUT2D eigenvalue weighted by molar-refractivity contribution is 6.30. The molecule has 4 heteroatoms. The Morgan fingerprint density at radius 1 is 1.47 bits per heavy atom. The zero-order valence-corrected chi connectivity index (χ0v) is 8.78. The summed E-state index contributed by atoms with van der Waals surface area (Å²) in [5, 5.41) is 0.640. The number of amides is 1. The Balaban J connectivity index is 2.32. The third-order valence-electron chi connectivity index (χ3n) is 2.28. The van der Waals surface area contributed by atoms with E-state index in [0.29, 0.717) is 11.6 Å². The van der Waals surface area contributed by atoms with Crippen molar-refractivity contribution < 1.29 is 9.53 Å². The van der Waals surface area contributed by atoms with Gasteiger partial charge in [-0.05, 0) is 24.3 Å². The number of hydrogen-bond donors (Lipinski definition) is 0. The highest BCUT2D eigenvalue weighted by atomic mass is 35.5. The van der Waals surface area contributed by atoms with Gasteiger partial charge in [0.1, 0.15) is 6.61 Å². The number of carbonyl (C=O) groups excluding carboxylic acids is 1. The van der Waals surface area contributed by atoms with E-state index in [1.165, 1.54) is 0 Å². The van der Waals surface area contributed by atoms with Gasteiger partial charge < -0.3 is 4.74 Å². The number of anilines is 1. The van der Waals surface area contributed by atoms with Crippen molar-refractivity contribution in [1.29, 1.82) is 0 Å². The van der Waals surface area contributed by atoms with E-state index in [-0.39, 0.29) is 12.1 Å². The lowest BCUT2D eigenvalue weighted by Crippen LogP contribution is -2.31. The molecule has 1 heterocycles. The van der Waals surface area contributed by atoms with Crippen molar-refractivity contribution in [1.82, 2.24) is 0 Å². The largest absolute Gasteiger partial charge is 0.447 e. The van der Waals surface area contributed by atoms with Crippen LogP contribution in [-0.2, 0) is 4.74 Å². The number of rotatable bonds is 2. The molecule has 0 saturated carbocycles. The van der Waals surface area contributed by atoms with Gasteiger partial charge in [-0.3, -0.25) is 4.90 Å². The minimum atomic E-state index is -0.345. The minimum absolute atomic E-state index is 0.0984. The Kier molecular flexibility index (Phi) is 2.64. The topological polar surface area (TPSA) is 29.5 Å². The Labute approximate surface area is 92.9 Å². The van der Waals surface area contributed by atoms with Crippen LogP contribution in [0.5, 0.6) is 0 Å². The third-order valence-corrected chi connectivity index (χ3v) is 2.53. The van der Waals surface area contributed by atoms with E-state index in [9.17, 15) is 4.79 Å². The lowest BCUT2D eigenvalue weighted by Gasteiger charge is -2.18. The van der Waals surface area contributed by atoms with E-state index >= 15 is 0 Å². The van der Waals surface area contributed by atoms with Crippen LogP contribution in [0.3, 0.4) is 0 Å². The maximum Gasteiger partial charge on any atom is 0.415 e. The van der Waals surface area contributed by atoms with Gasteiger partial charge in [0.05, 0.1) is 6.04 Å². The highest BCUT2D eigenvalue weighted by Gasteiger charge is 2.31. The molecule has 15 heavy (non-hydrogen) atoms. The van der Waals surface area contributed by atoms with Crippen molar-refractivity contribution in [2.45, 2.75) is 6.04 Å². The molecule has 1 aromatic rings. The number of carbonyl (C=O) groups is 1. The number of nitrogens with zero attached hydrogens (tertiary/aromatic N) is 1. The van der Waals surface area contributed by atoms with E-state index in [1.807, 2.05) is 0 Å². The molecule has 2 rings (SSSR count). The molecular weight excluding hydrogens is 214 g/mol. The quantitative estimate of drug-likeness (QED) is 0.722. The molecule has 1 atom stereocenters. The second-order valence-electron chi connectivity index (χ2n) is 3.23. The van der Waals surface area contributed by atoms with Crippen LogP contribution in [0.15, 0.2) is 36.9 Å². The molecule has 1 aliphatic rings. The van der Waals surface area contributed by atoms with Gasteiger partial charge in [0.25, 0.3) is 0 Å². The summed E-state index contributed by atoms with van der Waals surface area (Å²) in [6, 6.07) is 6.95. The molecule has 3 nitrogen and oxygen atoms in total. The van der Waals surface area contributed by atoms with Crippen LogP contribution in [0.4, 0.5) is 10.5 Å². The maximum atomic E-state index is 11.5. The first-order valence-corrected chi connectivity index (χ1v) is 4.94. The van der Waals surface area contributed by atoms with E-state index in [2.05, 4.69) is 6.58 Å². The summed E-state index contributed by atoms with van der Waals surface area (Å²) in [6.07, 6.45) is 1.35. The predicted octanol–water partition coefficient (Wildman–Crippen LogP) is 2.85. The first kappa shape index (κ1) is 10.1.